The van der Waals surface area contributed by atoms with Crippen molar-refractivity contribution in [1.29, 1.82) is 0 Å². The predicted molar refractivity (Wildman–Crippen MR) is 110 cm³/mol. The van der Waals surface area contributed by atoms with Crippen LogP contribution in [-0.4, -0.2) is 19.5 Å². The lowest BCUT2D eigenvalue weighted by atomic mass is 10.1. The van der Waals surface area contributed by atoms with Gasteiger partial charge in [-0.05, 0) is 50.1 Å². The Morgan fingerprint density at radius 2 is 1.93 bits per heavy atom. The van der Waals surface area contributed by atoms with Gasteiger partial charge in [0, 0.05) is 12.4 Å². The minimum absolute atomic E-state index is 0.0476. The smallest absolute Gasteiger partial charge is 0.258 e. The number of nitrogens with zero attached hydrogens (tertiary/aromatic N) is 3. The number of rotatable bonds is 4. The second-order valence-corrected chi connectivity index (χ2v) is 7.84. The zero-order valence-electron chi connectivity index (χ0n) is 15.4. The Bertz CT molecular complexity index is 1180. The summed E-state index contributed by atoms with van der Waals surface area (Å²) in [6.07, 6.45) is 3.76. The van der Waals surface area contributed by atoms with Crippen molar-refractivity contribution in [2.24, 2.45) is 0 Å². The van der Waals surface area contributed by atoms with Crippen molar-refractivity contribution in [3.63, 3.8) is 0 Å². The molecule has 6 heteroatoms. The second kappa shape index (κ2) is 7.04. The van der Waals surface area contributed by atoms with Gasteiger partial charge in [-0.1, -0.05) is 36.0 Å². The summed E-state index contributed by atoms with van der Waals surface area (Å²) in [5.41, 5.74) is 4.18. The van der Waals surface area contributed by atoms with Crippen LogP contribution in [0.1, 0.15) is 29.1 Å². The Labute approximate surface area is 161 Å². The molecule has 2 aromatic carbocycles. The molecule has 0 aliphatic rings. The molecular weight excluding hydrogens is 356 g/mol. The standard InChI is InChI=1S/C21H20N4OS/c1-13-7-6-10-18(14(13)2)25-12-11-22-21(25)27-15(3)19-23-17-9-5-4-8-16(17)20(26)24-19/h4-12,15H,1-3H3,(H,23,24,26)/t15-/m0/s1. The van der Waals surface area contributed by atoms with Crippen molar-refractivity contribution < 1.29 is 0 Å². The first-order chi connectivity index (χ1) is 13.0. The highest BCUT2D eigenvalue weighted by Crippen LogP contribution is 2.34. The SMILES string of the molecule is Cc1cccc(-n2ccnc2S[C@@H](C)c2nc3ccccc3c(=O)[nH]2)c1C. The number of benzene rings is 2. The van der Waals surface area contributed by atoms with Crippen molar-refractivity contribution in [3.05, 3.63) is 82.2 Å². The summed E-state index contributed by atoms with van der Waals surface area (Å²) >= 11 is 1.58. The van der Waals surface area contributed by atoms with E-state index in [1.165, 1.54) is 11.1 Å². The topological polar surface area (TPSA) is 63.6 Å². The monoisotopic (exact) mass is 376 g/mol. The number of para-hydroxylation sites is 1. The third-order valence-corrected chi connectivity index (χ3v) is 5.83. The van der Waals surface area contributed by atoms with Gasteiger partial charge in [-0.15, -0.1) is 0 Å². The van der Waals surface area contributed by atoms with Gasteiger partial charge in [0.05, 0.1) is 21.8 Å². The fourth-order valence-electron chi connectivity index (χ4n) is 3.07. The van der Waals surface area contributed by atoms with Crippen LogP contribution >= 0.6 is 11.8 Å². The first-order valence-corrected chi connectivity index (χ1v) is 9.68. The Hall–Kier alpha value is -2.86. The maximum atomic E-state index is 12.4. The average molecular weight is 376 g/mol. The number of nitrogens with one attached hydrogen (secondary N) is 1. The van der Waals surface area contributed by atoms with Crippen LogP contribution in [0.2, 0.25) is 0 Å². The number of aryl methyl sites for hydroxylation is 1. The minimum Gasteiger partial charge on any atom is -0.309 e. The lowest BCUT2D eigenvalue weighted by molar-refractivity contribution is 0.864. The molecule has 2 heterocycles. The van der Waals surface area contributed by atoms with E-state index in [-0.39, 0.29) is 10.8 Å². The van der Waals surface area contributed by atoms with Gasteiger partial charge >= 0.3 is 0 Å². The van der Waals surface area contributed by atoms with Crippen molar-refractivity contribution in [2.75, 3.05) is 0 Å². The van der Waals surface area contributed by atoms with E-state index in [1.54, 1.807) is 24.0 Å². The number of thioether (sulfide) groups is 1. The molecular formula is C21H20N4OS. The molecule has 136 valence electrons. The number of H-pyrrole nitrogens is 1. The fourth-order valence-corrected chi connectivity index (χ4v) is 4.00. The van der Waals surface area contributed by atoms with Crippen LogP contribution in [0.15, 0.2) is 64.8 Å². The van der Waals surface area contributed by atoms with Crippen molar-refractivity contribution in [3.8, 4) is 5.69 Å². The fraction of sp³-hybridized carbons (Fsp3) is 0.190. The first-order valence-electron chi connectivity index (χ1n) is 8.80. The third-order valence-electron chi connectivity index (χ3n) is 4.74. The lowest BCUT2D eigenvalue weighted by Crippen LogP contribution is -2.13. The van der Waals surface area contributed by atoms with Gasteiger partial charge in [-0.2, -0.15) is 0 Å². The van der Waals surface area contributed by atoms with E-state index < -0.39 is 0 Å². The molecule has 0 amide bonds. The molecule has 0 bridgehead atoms. The van der Waals surface area contributed by atoms with Crippen molar-refractivity contribution in [2.45, 2.75) is 31.2 Å². The van der Waals surface area contributed by atoms with Gasteiger partial charge in [-0.3, -0.25) is 9.36 Å². The molecule has 4 rings (SSSR count). The van der Waals surface area contributed by atoms with Crippen LogP contribution < -0.4 is 5.56 Å². The Kier molecular flexibility index (Phi) is 4.58. The molecule has 0 fully saturated rings. The van der Waals surface area contributed by atoms with Gasteiger partial charge in [0.2, 0.25) is 0 Å². The summed E-state index contributed by atoms with van der Waals surface area (Å²) in [7, 11) is 0. The van der Waals surface area contributed by atoms with Crippen molar-refractivity contribution >= 4 is 22.7 Å². The highest BCUT2D eigenvalue weighted by Gasteiger charge is 2.17. The van der Waals surface area contributed by atoms with Gasteiger partial charge in [0.1, 0.15) is 5.82 Å². The van der Waals surface area contributed by atoms with E-state index >= 15 is 0 Å². The third kappa shape index (κ3) is 3.28. The molecule has 0 spiro atoms. The molecule has 0 unspecified atom stereocenters. The molecule has 2 aromatic heterocycles. The molecule has 1 N–H and O–H groups in total. The van der Waals surface area contributed by atoms with Crippen molar-refractivity contribution in [1.82, 2.24) is 19.5 Å². The van der Waals surface area contributed by atoms with Gasteiger partial charge in [0.15, 0.2) is 5.16 Å². The molecule has 4 aromatic rings. The summed E-state index contributed by atoms with van der Waals surface area (Å²) in [6, 6.07) is 13.6. The Morgan fingerprint density at radius 1 is 1.11 bits per heavy atom. The van der Waals surface area contributed by atoms with Crippen LogP contribution in [0.25, 0.3) is 16.6 Å². The van der Waals surface area contributed by atoms with E-state index in [9.17, 15) is 4.79 Å². The van der Waals surface area contributed by atoms with E-state index in [1.807, 2.05) is 31.3 Å². The summed E-state index contributed by atoms with van der Waals surface area (Å²) in [6.45, 7) is 6.25. The van der Waals surface area contributed by atoms with Crippen LogP contribution in [0.4, 0.5) is 0 Å². The predicted octanol–water partition coefficient (Wildman–Crippen LogP) is 4.58. The molecule has 0 saturated carbocycles. The van der Waals surface area contributed by atoms with Crippen LogP contribution in [-0.2, 0) is 0 Å². The van der Waals surface area contributed by atoms with Crippen LogP contribution in [0.5, 0.6) is 0 Å². The summed E-state index contributed by atoms with van der Waals surface area (Å²) in [5.74, 6) is 0.652. The van der Waals surface area contributed by atoms with E-state index in [0.717, 1.165) is 10.8 Å². The van der Waals surface area contributed by atoms with Gasteiger partial charge in [0.25, 0.3) is 5.56 Å². The number of hydrogen-bond donors (Lipinski definition) is 1. The van der Waals surface area contributed by atoms with Gasteiger partial charge < -0.3 is 4.98 Å². The molecule has 0 aliphatic heterocycles. The number of imidazole rings is 1. The normalized spacial score (nSPS) is 12.4. The lowest BCUT2D eigenvalue weighted by Gasteiger charge is -2.15. The maximum Gasteiger partial charge on any atom is 0.258 e. The van der Waals surface area contributed by atoms with Crippen LogP contribution in [0, 0.1) is 13.8 Å². The zero-order chi connectivity index (χ0) is 19.0. The molecule has 27 heavy (non-hydrogen) atoms. The summed E-state index contributed by atoms with van der Waals surface area (Å²) in [5, 5.41) is 1.43. The van der Waals surface area contributed by atoms with Gasteiger partial charge in [-0.25, -0.2) is 9.97 Å². The Balaban J connectivity index is 1.69. The quantitative estimate of drug-likeness (QED) is 0.530. The highest BCUT2D eigenvalue weighted by atomic mass is 32.2. The molecule has 1 atom stereocenters. The minimum atomic E-state index is -0.110. The molecule has 0 aliphatic carbocycles. The second-order valence-electron chi connectivity index (χ2n) is 6.53. The van der Waals surface area contributed by atoms with Crippen LogP contribution in [0.3, 0.4) is 0 Å². The zero-order valence-corrected chi connectivity index (χ0v) is 16.2. The Morgan fingerprint density at radius 3 is 2.78 bits per heavy atom. The van der Waals surface area contributed by atoms with E-state index in [2.05, 4.69) is 51.6 Å². The maximum absolute atomic E-state index is 12.4. The summed E-state index contributed by atoms with van der Waals surface area (Å²) < 4.78 is 2.09. The molecule has 5 nitrogen and oxygen atoms in total. The number of hydrogen-bond acceptors (Lipinski definition) is 4. The van der Waals surface area contributed by atoms with E-state index in [4.69, 9.17) is 0 Å². The number of aromatic nitrogens is 4. The first kappa shape index (κ1) is 17.5. The summed E-state index contributed by atoms with van der Waals surface area (Å²) in [4.78, 5) is 24.4. The average Bonchev–Trinajstić information content (AvgIpc) is 3.12. The highest BCUT2D eigenvalue weighted by molar-refractivity contribution is 7.99. The number of aromatic amines is 1. The van der Waals surface area contributed by atoms with E-state index in [0.29, 0.717) is 16.7 Å². The largest absolute Gasteiger partial charge is 0.309 e. The molecule has 0 saturated heterocycles. The number of fused-ring (bicyclic) bond motifs is 1. The molecule has 0 radical (unpaired) electrons.